The van der Waals surface area contributed by atoms with Crippen molar-refractivity contribution < 1.29 is 35.5 Å². The van der Waals surface area contributed by atoms with Gasteiger partial charge in [-0.3, -0.25) is 4.99 Å². The van der Waals surface area contributed by atoms with E-state index in [0.717, 1.165) is 12.1 Å². The van der Waals surface area contributed by atoms with Gasteiger partial charge in [0.15, 0.2) is 12.6 Å². The maximum Gasteiger partial charge on any atom is 0.422 e. The lowest BCUT2D eigenvalue weighted by molar-refractivity contribution is -0.154. The molecule has 0 atom stereocenters. The minimum atomic E-state index is -4.71. The number of benzene rings is 1. The first kappa shape index (κ1) is 26.7. The third kappa shape index (κ3) is 9.14. The number of halogens is 8. The fourth-order valence-electron chi connectivity index (χ4n) is 2.31. The Labute approximate surface area is 190 Å². The van der Waals surface area contributed by atoms with Gasteiger partial charge in [-0.1, -0.05) is 12.1 Å². The first-order valence-electron chi connectivity index (χ1n) is 8.42. The van der Waals surface area contributed by atoms with E-state index < -0.39 is 30.3 Å². The number of rotatable bonds is 6. The summed E-state index contributed by atoms with van der Waals surface area (Å²) in [5.41, 5.74) is -0.696. The van der Waals surface area contributed by atoms with Gasteiger partial charge in [0.2, 0.25) is 5.88 Å². The van der Waals surface area contributed by atoms with Crippen LogP contribution in [0.15, 0.2) is 41.5 Å². The Morgan fingerprint density at radius 3 is 2.26 bits per heavy atom. The van der Waals surface area contributed by atoms with Crippen molar-refractivity contribution in [3.63, 3.8) is 0 Å². The van der Waals surface area contributed by atoms with Gasteiger partial charge in [-0.05, 0) is 23.3 Å². The monoisotopic (exact) mass is 566 g/mol. The maximum absolute atomic E-state index is 13.2. The van der Waals surface area contributed by atoms with Gasteiger partial charge in [-0.2, -0.15) is 26.3 Å². The van der Waals surface area contributed by atoms with E-state index >= 15 is 0 Å². The fraction of sp³-hybridized carbons (Fsp3) is 0.333. The number of alkyl halides is 6. The average Bonchev–Trinajstić information content (AvgIpc) is 2.67. The SMILES string of the molecule is CN=C(NCc1ccc(OCC(F)(F)F)nc1)NCc1ccc(F)cc1C(F)(F)F.I. The number of ether oxygens (including phenoxy) is 1. The number of aromatic nitrogens is 1. The Kier molecular flexibility index (Phi) is 9.77. The van der Waals surface area contributed by atoms with E-state index in [1.54, 1.807) is 0 Å². The van der Waals surface area contributed by atoms with Gasteiger partial charge in [-0.15, -0.1) is 24.0 Å². The van der Waals surface area contributed by atoms with E-state index in [2.05, 4.69) is 25.3 Å². The molecule has 0 unspecified atom stereocenters. The van der Waals surface area contributed by atoms with Crippen molar-refractivity contribution in [2.45, 2.75) is 25.4 Å². The Balaban J connectivity index is 0.00000480. The second-order valence-corrected chi connectivity index (χ2v) is 5.99. The number of nitrogens with one attached hydrogen (secondary N) is 2. The third-order valence-electron chi connectivity index (χ3n) is 3.69. The molecule has 2 aromatic rings. The van der Waals surface area contributed by atoms with Crippen molar-refractivity contribution >= 4 is 29.9 Å². The predicted octanol–water partition coefficient (Wildman–Crippen LogP) is 4.66. The van der Waals surface area contributed by atoms with Crippen LogP contribution in [0.1, 0.15) is 16.7 Å². The van der Waals surface area contributed by atoms with Crippen LogP contribution in [0.4, 0.5) is 30.7 Å². The standard InChI is InChI=1S/C18H17F7N4O.HI/c1-26-16(29-9-12-3-4-13(19)6-14(12)18(23,24)25)28-8-11-2-5-15(27-7-11)30-10-17(20,21)22;/h2-7H,8-10H2,1H3,(H2,26,28,29);1H. The largest absolute Gasteiger partial charge is 0.468 e. The zero-order valence-electron chi connectivity index (χ0n) is 15.9. The second-order valence-electron chi connectivity index (χ2n) is 5.99. The van der Waals surface area contributed by atoms with Crippen LogP contribution in [0.5, 0.6) is 5.88 Å². The Hall–Kier alpha value is -2.32. The summed E-state index contributed by atoms with van der Waals surface area (Å²) in [6, 6.07) is 5.10. The predicted molar refractivity (Wildman–Crippen MR) is 110 cm³/mol. The lowest BCUT2D eigenvalue weighted by atomic mass is 10.1. The Bertz CT molecular complexity index is 871. The molecule has 1 aromatic carbocycles. The van der Waals surface area contributed by atoms with Crippen LogP contribution in [-0.4, -0.2) is 30.8 Å². The van der Waals surface area contributed by atoms with Crippen LogP contribution in [0.3, 0.4) is 0 Å². The summed E-state index contributed by atoms with van der Waals surface area (Å²) in [4.78, 5) is 7.61. The van der Waals surface area contributed by atoms with Gasteiger partial charge in [0.25, 0.3) is 0 Å². The summed E-state index contributed by atoms with van der Waals surface area (Å²) in [6.45, 7) is -1.59. The van der Waals surface area contributed by atoms with Crippen molar-refractivity contribution in [1.82, 2.24) is 15.6 Å². The van der Waals surface area contributed by atoms with Gasteiger partial charge in [0.05, 0.1) is 5.56 Å². The number of hydrogen-bond donors (Lipinski definition) is 2. The molecule has 0 amide bonds. The molecule has 5 nitrogen and oxygen atoms in total. The van der Waals surface area contributed by atoms with E-state index in [4.69, 9.17) is 0 Å². The molecule has 1 heterocycles. The fourth-order valence-corrected chi connectivity index (χ4v) is 2.31. The van der Waals surface area contributed by atoms with Crippen molar-refractivity contribution in [3.8, 4) is 5.88 Å². The number of guanidine groups is 1. The molecule has 0 aliphatic heterocycles. The first-order chi connectivity index (χ1) is 14.0. The summed E-state index contributed by atoms with van der Waals surface area (Å²) < 4.78 is 93.1. The quantitative estimate of drug-likeness (QED) is 0.231. The van der Waals surface area contributed by atoms with Crippen molar-refractivity contribution in [1.29, 1.82) is 0 Å². The topological polar surface area (TPSA) is 58.5 Å². The molecule has 0 saturated heterocycles. The summed E-state index contributed by atoms with van der Waals surface area (Å²) >= 11 is 0. The Morgan fingerprint density at radius 2 is 1.71 bits per heavy atom. The van der Waals surface area contributed by atoms with Gasteiger partial charge >= 0.3 is 12.4 Å². The lowest BCUT2D eigenvalue weighted by Gasteiger charge is -2.16. The third-order valence-corrected chi connectivity index (χ3v) is 3.69. The molecule has 0 radical (unpaired) electrons. The van der Waals surface area contributed by atoms with Crippen molar-refractivity contribution in [3.05, 3.63) is 59.0 Å². The molecule has 0 spiro atoms. The van der Waals surface area contributed by atoms with Gasteiger partial charge in [-0.25, -0.2) is 9.37 Å². The zero-order valence-corrected chi connectivity index (χ0v) is 18.3. The lowest BCUT2D eigenvalue weighted by Crippen LogP contribution is -2.36. The van der Waals surface area contributed by atoms with Gasteiger partial charge in [0.1, 0.15) is 5.82 Å². The van der Waals surface area contributed by atoms with Gasteiger partial charge in [0, 0.05) is 32.4 Å². The van der Waals surface area contributed by atoms with E-state index in [9.17, 15) is 30.7 Å². The summed E-state index contributed by atoms with van der Waals surface area (Å²) in [6.07, 6.45) is -7.90. The molecule has 13 heteroatoms. The highest BCUT2D eigenvalue weighted by molar-refractivity contribution is 14.0. The molecule has 0 fully saturated rings. The number of aliphatic imine (C=N–C) groups is 1. The summed E-state index contributed by atoms with van der Waals surface area (Å²) in [5.74, 6) is -1.04. The van der Waals surface area contributed by atoms with Crippen LogP contribution >= 0.6 is 24.0 Å². The van der Waals surface area contributed by atoms with Crippen LogP contribution in [0.2, 0.25) is 0 Å². The molecule has 0 saturated carbocycles. The number of pyridine rings is 1. The smallest absolute Gasteiger partial charge is 0.422 e. The molecule has 0 bridgehead atoms. The summed E-state index contributed by atoms with van der Waals surface area (Å²) in [5, 5.41) is 5.51. The summed E-state index contributed by atoms with van der Waals surface area (Å²) in [7, 11) is 1.40. The highest BCUT2D eigenvalue weighted by Gasteiger charge is 2.33. The number of nitrogens with zero attached hydrogens (tertiary/aromatic N) is 2. The van der Waals surface area contributed by atoms with E-state index in [0.29, 0.717) is 11.6 Å². The minimum Gasteiger partial charge on any atom is -0.468 e. The Morgan fingerprint density at radius 1 is 1.03 bits per heavy atom. The van der Waals surface area contributed by atoms with Crippen LogP contribution in [-0.2, 0) is 19.3 Å². The maximum atomic E-state index is 13.2. The highest BCUT2D eigenvalue weighted by atomic mass is 127. The van der Waals surface area contributed by atoms with Crippen LogP contribution in [0, 0.1) is 5.82 Å². The highest BCUT2D eigenvalue weighted by Crippen LogP contribution is 2.32. The molecule has 1 aromatic heterocycles. The van der Waals surface area contributed by atoms with Crippen molar-refractivity contribution in [2.75, 3.05) is 13.7 Å². The van der Waals surface area contributed by atoms with Crippen molar-refractivity contribution in [2.24, 2.45) is 4.99 Å². The van der Waals surface area contributed by atoms with Crippen LogP contribution in [0.25, 0.3) is 0 Å². The molecular weight excluding hydrogens is 548 g/mol. The first-order valence-corrected chi connectivity index (χ1v) is 8.42. The molecule has 0 aliphatic carbocycles. The normalized spacial score (nSPS) is 12.2. The second kappa shape index (κ2) is 11.3. The van der Waals surface area contributed by atoms with Gasteiger partial charge < -0.3 is 15.4 Å². The average molecular weight is 566 g/mol. The van der Waals surface area contributed by atoms with E-state index in [-0.39, 0.29) is 54.5 Å². The van der Waals surface area contributed by atoms with E-state index in [1.807, 2.05) is 0 Å². The molecule has 172 valence electrons. The molecule has 0 aliphatic rings. The van der Waals surface area contributed by atoms with E-state index in [1.165, 1.54) is 25.4 Å². The van der Waals surface area contributed by atoms with Crippen LogP contribution < -0.4 is 15.4 Å². The molecule has 2 N–H and O–H groups in total. The molecular formula is C18H18F7IN4O. The zero-order chi connectivity index (χ0) is 22.4. The molecule has 2 rings (SSSR count). The molecule has 31 heavy (non-hydrogen) atoms. The minimum absolute atomic E-state index is 0. The number of hydrogen-bond acceptors (Lipinski definition) is 3.